The summed E-state index contributed by atoms with van der Waals surface area (Å²) in [4.78, 5) is 11.0. The lowest BCUT2D eigenvalue weighted by Crippen LogP contribution is -2.41. The molecule has 1 heterocycles. The predicted molar refractivity (Wildman–Crippen MR) is 79.9 cm³/mol. The molecular weight excluding hydrogens is 362 g/mol. The van der Waals surface area contributed by atoms with Crippen LogP contribution in [0, 0.1) is 0 Å². The van der Waals surface area contributed by atoms with Gasteiger partial charge in [-0.05, 0) is 53.9 Å². The normalized spacial score (nSPS) is 23.0. The molecule has 0 radical (unpaired) electrons. The fourth-order valence-corrected chi connectivity index (χ4v) is 3.95. The Hall–Kier alpha value is -0.960. The van der Waals surface area contributed by atoms with Crippen molar-refractivity contribution in [2.75, 3.05) is 6.61 Å². The lowest BCUT2D eigenvalue weighted by Gasteiger charge is -2.27. The Morgan fingerprint density at radius 1 is 1.48 bits per heavy atom. The minimum Gasteiger partial charge on any atom is -0.478 e. The van der Waals surface area contributed by atoms with E-state index in [-0.39, 0.29) is 22.6 Å². The number of nitrogens with one attached hydrogen (secondary N) is 1. The van der Waals surface area contributed by atoms with E-state index in [9.17, 15) is 13.2 Å². The second-order valence-corrected chi connectivity index (χ2v) is 7.54. The zero-order valence-corrected chi connectivity index (χ0v) is 13.8. The van der Waals surface area contributed by atoms with Gasteiger partial charge in [-0.1, -0.05) is 0 Å². The van der Waals surface area contributed by atoms with E-state index in [1.165, 1.54) is 12.1 Å². The molecule has 2 N–H and O–H groups in total. The van der Waals surface area contributed by atoms with Crippen molar-refractivity contribution in [3.05, 3.63) is 28.2 Å². The van der Waals surface area contributed by atoms with Crippen LogP contribution in [0.1, 0.15) is 30.1 Å². The molecule has 0 aromatic heterocycles. The number of halogens is 1. The lowest BCUT2D eigenvalue weighted by molar-refractivity contribution is 0.0173. The molecule has 0 amide bonds. The Bertz CT molecular complexity index is 646. The summed E-state index contributed by atoms with van der Waals surface area (Å²) in [5.41, 5.74) is -0.0850. The maximum atomic E-state index is 12.3. The van der Waals surface area contributed by atoms with E-state index >= 15 is 0 Å². The number of hydrogen-bond acceptors (Lipinski definition) is 4. The Kier molecular flexibility index (Phi) is 5.03. The molecular formula is C13H16BrNO5S. The van der Waals surface area contributed by atoms with Gasteiger partial charge in [-0.25, -0.2) is 17.9 Å². The Labute approximate surface area is 131 Å². The highest BCUT2D eigenvalue weighted by Gasteiger charge is 2.26. The third kappa shape index (κ3) is 4.03. The first-order valence-corrected chi connectivity index (χ1v) is 8.74. The molecule has 2 rings (SSSR count). The Balaban J connectivity index is 2.23. The number of ether oxygens (including phenoxy) is 1. The maximum absolute atomic E-state index is 12.3. The zero-order valence-electron chi connectivity index (χ0n) is 11.4. The van der Waals surface area contributed by atoms with Gasteiger partial charge in [0.05, 0.1) is 16.6 Å². The highest BCUT2D eigenvalue weighted by molar-refractivity contribution is 9.10. The molecule has 116 valence electrons. The second-order valence-electron chi connectivity index (χ2n) is 4.97. The Morgan fingerprint density at radius 3 is 2.81 bits per heavy atom. The summed E-state index contributed by atoms with van der Waals surface area (Å²) in [6, 6.07) is 3.75. The third-order valence-corrected chi connectivity index (χ3v) is 5.50. The summed E-state index contributed by atoms with van der Waals surface area (Å²) in [5.74, 6) is -1.18. The molecule has 1 aromatic rings. The fraction of sp³-hybridized carbons (Fsp3) is 0.462. The van der Waals surface area contributed by atoms with E-state index in [1.54, 1.807) is 0 Å². The number of hydrogen-bond donors (Lipinski definition) is 2. The maximum Gasteiger partial charge on any atom is 0.336 e. The zero-order chi connectivity index (χ0) is 15.6. The molecule has 0 aliphatic carbocycles. The van der Waals surface area contributed by atoms with Crippen molar-refractivity contribution < 1.29 is 23.1 Å². The molecule has 0 spiro atoms. The number of sulfonamides is 1. The van der Waals surface area contributed by atoms with Crippen molar-refractivity contribution in [2.45, 2.75) is 36.8 Å². The van der Waals surface area contributed by atoms with Crippen LogP contribution < -0.4 is 4.72 Å². The van der Waals surface area contributed by atoms with Gasteiger partial charge in [-0.15, -0.1) is 0 Å². The van der Waals surface area contributed by atoms with Gasteiger partial charge in [0.1, 0.15) is 0 Å². The first-order chi connectivity index (χ1) is 9.79. The molecule has 1 aliphatic rings. The molecule has 1 saturated heterocycles. The lowest BCUT2D eigenvalue weighted by atomic mass is 10.1. The van der Waals surface area contributed by atoms with Crippen LogP contribution in [0.25, 0.3) is 0 Å². The van der Waals surface area contributed by atoms with Gasteiger partial charge in [0.15, 0.2) is 0 Å². The van der Waals surface area contributed by atoms with Crippen molar-refractivity contribution in [1.82, 2.24) is 4.72 Å². The fourth-order valence-electron chi connectivity index (χ4n) is 2.23. The van der Waals surface area contributed by atoms with Crippen LogP contribution in [0.3, 0.4) is 0 Å². The summed E-state index contributed by atoms with van der Waals surface area (Å²) in [6.07, 6.45) is 1.21. The standard InChI is InChI=1S/C13H16BrNO5S/c1-8-6-9(4-5-20-8)15-21(18,19)10-2-3-12(14)11(7-10)13(16)17/h2-3,7-9,15H,4-6H2,1H3,(H,16,17). The molecule has 1 fully saturated rings. The van der Waals surface area contributed by atoms with E-state index in [4.69, 9.17) is 9.84 Å². The van der Waals surface area contributed by atoms with Crippen molar-refractivity contribution in [3.63, 3.8) is 0 Å². The SMILES string of the molecule is CC1CC(NS(=O)(=O)c2ccc(Br)c(C(=O)O)c2)CCO1. The summed E-state index contributed by atoms with van der Waals surface area (Å²) < 4.78 is 33.0. The molecule has 6 nitrogen and oxygen atoms in total. The highest BCUT2D eigenvalue weighted by atomic mass is 79.9. The number of benzene rings is 1. The molecule has 2 atom stereocenters. The number of rotatable bonds is 4. The Morgan fingerprint density at radius 2 is 2.19 bits per heavy atom. The molecule has 8 heteroatoms. The minimum absolute atomic E-state index is 0.00551. The number of carboxylic acids is 1. The minimum atomic E-state index is -3.75. The van der Waals surface area contributed by atoms with E-state index in [2.05, 4.69) is 20.7 Å². The third-order valence-electron chi connectivity index (χ3n) is 3.29. The smallest absolute Gasteiger partial charge is 0.336 e. The highest BCUT2D eigenvalue weighted by Crippen LogP contribution is 2.22. The van der Waals surface area contributed by atoms with Gasteiger partial charge in [0.25, 0.3) is 0 Å². The van der Waals surface area contributed by atoms with Crippen LogP contribution in [0.2, 0.25) is 0 Å². The second kappa shape index (κ2) is 6.43. The van der Waals surface area contributed by atoms with Gasteiger partial charge in [-0.2, -0.15) is 0 Å². The molecule has 0 saturated carbocycles. The van der Waals surface area contributed by atoms with E-state index < -0.39 is 16.0 Å². The number of aromatic carboxylic acids is 1. The van der Waals surface area contributed by atoms with Crippen LogP contribution >= 0.6 is 15.9 Å². The van der Waals surface area contributed by atoms with Gasteiger partial charge in [0, 0.05) is 17.1 Å². The van der Waals surface area contributed by atoms with Crippen LogP contribution in [-0.2, 0) is 14.8 Å². The first kappa shape index (κ1) is 16.4. The number of carbonyl (C=O) groups is 1. The average Bonchev–Trinajstić information content (AvgIpc) is 2.38. The topological polar surface area (TPSA) is 92.7 Å². The summed E-state index contributed by atoms with van der Waals surface area (Å²) in [6.45, 7) is 2.40. The first-order valence-electron chi connectivity index (χ1n) is 6.46. The van der Waals surface area contributed by atoms with Crippen LogP contribution in [0.15, 0.2) is 27.6 Å². The molecule has 0 bridgehead atoms. The van der Waals surface area contributed by atoms with Gasteiger partial charge in [0.2, 0.25) is 10.0 Å². The van der Waals surface area contributed by atoms with Crippen molar-refractivity contribution in [3.8, 4) is 0 Å². The molecule has 1 aromatic carbocycles. The average molecular weight is 378 g/mol. The van der Waals surface area contributed by atoms with Gasteiger partial charge < -0.3 is 9.84 Å². The van der Waals surface area contributed by atoms with Gasteiger partial charge >= 0.3 is 5.97 Å². The van der Waals surface area contributed by atoms with Gasteiger partial charge in [-0.3, -0.25) is 0 Å². The van der Waals surface area contributed by atoms with Crippen LogP contribution in [0.4, 0.5) is 0 Å². The molecule has 21 heavy (non-hydrogen) atoms. The monoisotopic (exact) mass is 377 g/mol. The quantitative estimate of drug-likeness (QED) is 0.836. The summed E-state index contributed by atoms with van der Waals surface area (Å²) in [5, 5.41) is 9.05. The molecule has 1 aliphatic heterocycles. The largest absolute Gasteiger partial charge is 0.478 e. The summed E-state index contributed by atoms with van der Waals surface area (Å²) in [7, 11) is -3.75. The predicted octanol–water partition coefficient (Wildman–Crippen LogP) is 1.99. The van der Waals surface area contributed by atoms with Crippen molar-refractivity contribution in [1.29, 1.82) is 0 Å². The number of carboxylic acid groups (broad SMARTS) is 1. The molecule has 2 unspecified atom stereocenters. The van der Waals surface area contributed by atoms with Crippen LogP contribution in [0.5, 0.6) is 0 Å². The van der Waals surface area contributed by atoms with Crippen molar-refractivity contribution in [2.24, 2.45) is 0 Å². The van der Waals surface area contributed by atoms with E-state index in [0.29, 0.717) is 23.9 Å². The van der Waals surface area contributed by atoms with Crippen LogP contribution in [-0.4, -0.2) is 38.2 Å². The van der Waals surface area contributed by atoms with Crippen molar-refractivity contribution >= 4 is 31.9 Å². The summed E-state index contributed by atoms with van der Waals surface area (Å²) >= 11 is 3.09. The van der Waals surface area contributed by atoms with E-state index in [1.807, 2.05) is 6.92 Å². The van der Waals surface area contributed by atoms with E-state index in [0.717, 1.165) is 6.07 Å².